The van der Waals surface area contributed by atoms with E-state index < -0.39 is 0 Å². The number of likely N-dealkylation sites (tertiary alicyclic amines) is 1. The number of pyridine rings is 1. The molecule has 1 atom stereocenters. The molecule has 1 unspecified atom stereocenters. The molecule has 3 rings (SSSR count). The van der Waals surface area contributed by atoms with Crippen LogP contribution in [-0.2, 0) is 11.3 Å². The van der Waals surface area contributed by atoms with Gasteiger partial charge in [-0.1, -0.05) is 0 Å². The number of nitrogens with one attached hydrogen (secondary N) is 2. The predicted molar refractivity (Wildman–Crippen MR) is 97.4 cm³/mol. The zero-order chi connectivity index (χ0) is 17.1. The van der Waals surface area contributed by atoms with Gasteiger partial charge in [0, 0.05) is 60.7 Å². The summed E-state index contributed by atoms with van der Waals surface area (Å²) in [7, 11) is 0. The van der Waals surface area contributed by atoms with Crippen molar-refractivity contribution in [1.82, 2.24) is 14.9 Å². The van der Waals surface area contributed by atoms with Gasteiger partial charge in [-0.15, -0.1) is 11.3 Å². The number of thiazole rings is 1. The number of aromatic nitrogens is 2. The Morgan fingerprint density at radius 1 is 1.38 bits per heavy atom. The molecular weight excluding hydrogens is 322 g/mol. The molecule has 2 aromatic heterocycles. The van der Waals surface area contributed by atoms with E-state index in [1.807, 2.05) is 20.0 Å². The number of rotatable bonds is 5. The molecule has 0 aromatic carbocycles. The topological polar surface area (TPSA) is 70.2 Å². The maximum atomic E-state index is 11.1. The summed E-state index contributed by atoms with van der Waals surface area (Å²) in [5.74, 6) is -0.0794. The van der Waals surface area contributed by atoms with E-state index in [1.54, 1.807) is 11.3 Å². The van der Waals surface area contributed by atoms with E-state index in [4.69, 9.17) is 0 Å². The van der Waals surface area contributed by atoms with Crippen LogP contribution in [0.5, 0.6) is 0 Å². The van der Waals surface area contributed by atoms with Gasteiger partial charge < -0.3 is 10.6 Å². The Labute approximate surface area is 146 Å². The predicted octanol–water partition coefficient (Wildman–Crippen LogP) is 2.80. The zero-order valence-corrected chi connectivity index (χ0v) is 15.1. The van der Waals surface area contributed by atoms with Gasteiger partial charge in [-0.3, -0.25) is 14.7 Å². The van der Waals surface area contributed by atoms with E-state index in [1.165, 1.54) is 11.8 Å². The number of carbonyl (C=O) groups is 1. The van der Waals surface area contributed by atoms with Crippen molar-refractivity contribution in [3.63, 3.8) is 0 Å². The summed E-state index contributed by atoms with van der Waals surface area (Å²) in [5.41, 5.74) is 3.24. The summed E-state index contributed by atoms with van der Waals surface area (Å²) < 4.78 is 0. The Morgan fingerprint density at radius 2 is 2.12 bits per heavy atom. The smallest absolute Gasteiger partial charge is 0.223 e. The molecule has 1 amide bonds. The standard InChI is InChI=1S/C17H23N5OS/c1-11-6-15(7-12(2)19-11)21-14-4-5-22(9-14)10-16-8-18-17(24-16)20-13(3)23/h6-8,14H,4-5,9-10H2,1-3H3,(H,19,21)(H,18,20,23). The van der Waals surface area contributed by atoms with E-state index in [-0.39, 0.29) is 5.91 Å². The number of anilines is 2. The first-order chi connectivity index (χ1) is 11.5. The Bertz CT molecular complexity index is 709. The molecule has 2 N–H and O–H groups in total. The maximum absolute atomic E-state index is 11.1. The molecule has 0 saturated carbocycles. The summed E-state index contributed by atoms with van der Waals surface area (Å²) >= 11 is 1.54. The van der Waals surface area contributed by atoms with E-state index in [0.717, 1.165) is 43.1 Å². The van der Waals surface area contributed by atoms with Gasteiger partial charge >= 0.3 is 0 Å². The van der Waals surface area contributed by atoms with Gasteiger partial charge in [0.25, 0.3) is 0 Å². The number of aryl methyl sites for hydroxylation is 2. The maximum Gasteiger partial charge on any atom is 0.223 e. The Balaban J connectivity index is 1.53. The van der Waals surface area contributed by atoms with Crippen molar-refractivity contribution in [3.05, 3.63) is 34.6 Å². The normalized spacial score (nSPS) is 17.9. The third-order valence-corrected chi connectivity index (χ3v) is 4.84. The molecule has 1 aliphatic heterocycles. The molecule has 0 aliphatic carbocycles. The van der Waals surface area contributed by atoms with Crippen LogP contribution in [0.1, 0.15) is 29.6 Å². The lowest BCUT2D eigenvalue weighted by atomic mass is 10.2. The summed E-state index contributed by atoms with van der Waals surface area (Å²) in [6, 6.07) is 4.64. The van der Waals surface area contributed by atoms with Gasteiger partial charge in [-0.25, -0.2) is 4.98 Å². The fourth-order valence-corrected chi connectivity index (χ4v) is 3.96. The van der Waals surface area contributed by atoms with Crippen LogP contribution < -0.4 is 10.6 Å². The largest absolute Gasteiger partial charge is 0.381 e. The highest BCUT2D eigenvalue weighted by Crippen LogP contribution is 2.23. The molecule has 1 aliphatic rings. The minimum Gasteiger partial charge on any atom is -0.381 e. The monoisotopic (exact) mass is 345 g/mol. The highest BCUT2D eigenvalue weighted by atomic mass is 32.1. The number of nitrogens with zero attached hydrogens (tertiary/aromatic N) is 3. The van der Waals surface area contributed by atoms with Crippen molar-refractivity contribution >= 4 is 28.1 Å². The summed E-state index contributed by atoms with van der Waals surface area (Å²) in [6.07, 6.45) is 2.98. The van der Waals surface area contributed by atoms with Gasteiger partial charge in [0.2, 0.25) is 5.91 Å². The molecule has 7 heteroatoms. The third kappa shape index (κ3) is 4.52. The number of hydrogen-bond donors (Lipinski definition) is 2. The molecule has 24 heavy (non-hydrogen) atoms. The molecule has 1 fully saturated rings. The van der Waals surface area contributed by atoms with Crippen LogP contribution in [0.25, 0.3) is 0 Å². The first-order valence-electron chi connectivity index (χ1n) is 8.14. The lowest BCUT2D eigenvalue weighted by Gasteiger charge is -2.17. The van der Waals surface area contributed by atoms with Crippen molar-refractivity contribution in [2.24, 2.45) is 0 Å². The van der Waals surface area contributed by atoms with Gasteiger partial charge in [-0.05, 0) is 32.4 Å². The Hall–Kier alpha value is -1.99. The average Bonchev–Trinajstić information content (AvgIpc) is 3.07. The molecule has 3 heterocycles. The van der Waals surface area contributed by atoms with Crippen molar-refractivity contribution in [1.29, 1.82) is 0 Å². The van der Waals surface area contributed by atoms with Gasteiger partial charge in [0.05, 0.1) is 0 Å². The second-order valence-electron chi connectivity index (χ2n) is 6.32. The van der Waals surface area contributed by atoms with Crippen molar-refractivity contribution in [2.75, 3.05) is 23.7 Å². The first kappa shape index (κ1) is 16.9. The molecule has 6 nitrogen and oxygen atoms in total. The van der Waals surface area contributed by atoms with Crippen LogP contribution in [0.3, 0.4) is 0 Å². The van der Waals surface area contributed by atoms with Gasteiger partial charge in [-0.2, -0.15) is 0 Å². The number of hydrogen-bond acceptors (Lipinski definition) is 6. The third-order valence-electron chi connectivity index (χ3n) is 3.94. The van der Waals surface area contributed by atoms with E-state index in [2.05, 4.69) is 37.6 Å². The van der Waals surface area contributed by atoms with E-state index in [0.29, 0.717) is 11.2 Å². The Morgan fingerprint density at radius 3 is 2.83 bits per heavy atom. The summed E-state index contributed by atoms with van der Waals surface area (Å²) in [4.78, 5) is 23.3. The first-order valence-corrected chi connectivity index (χ1v) is 8.96. The van der Waals surface area contributed by atoms with Crippen molar-refractivity contribution < 1.29 is 4.79 Å². The highest BCUT2D eigenvalue weighted by Gasteiger charge is 2.23. The van der Waals surface area contributed by atoms with Crippen molar-refractivity contribution in [2.45, 2.75) is 39.8 Å². The minimum absolute atomic E-state index is 0.0794. The molecule has 0 bridgehead atoms. The summed E-state index contributed by atoms with van der Waals surface area (Å²) in [6.45, 7) is 8.50. The highest BCUT2D eigenvalue weighted by molar-refractivity contribution is 7.15. The zero-order valence-electron chi connectivity index (χ0n) is 14.3. The summed E-state index contributed by atoms with van der Waals surface area (Å²) in [5, 5.41) is 7.03. The molecule has 2 aromatic rings. The van der Waals surface area contributed by atoms with Crippen LogP contribution >= 0.6 is 11.3 Å². The lowest BCUT2D eigenvalue weighted by molar-refractivity contribution is -0.114. The van der Waals surface area contributed by atoms with E-state index >= 15 is 0 Å². The molecule has 0 radical (unpaired) electrons. The second kappa shape index (κ2) is 7.27. The fraction of sp³-hybridized carbons (Fsp3) is 0.471. The molecular formula is C17H23N5OS. The van der Waals surface area contributed by atoms with Crippen LogP contribution in [0.15, 0.2) is 18.3 Å². The number of amides is 1. The molecule has 128 valence electrons. The molecule has 1 saturated heterocycles. The van der Waals surface area contributed by atoms with Crippen LogP contribution in [-0.4, -0.2) is 39.9 Å². The van der Waals surface area contributed by atoms with Gasteiger partial charge in [0.1, 0.15) is 0 Å². The SMILES string of the molecule is CC(=O)Nc1ncc(CN2CCC(Nc3cc(C)nc(C)c3)C2)s1. The molecule has 0 spiro atoms. The van der Waals surface area contributed by atoms with Crippen LogP contribution in [0.4, 0.5) is 10.8 Å². The number of carbonyl (C=O) groups excluding carboxylic acids is 1. The lowest BCUT2D eigenvalue weighted by Crippen LogP contribution is -2.25. The fourth-order valence-electron chi connectivity index (χ4n) is 3.06. The van der Waals surface area contributed by atoms with Crippen LogP contribution in [0, 0.1) is 13.8 Å². The average molecular weight is 345 g/mol. The Kier molecular flexibility index (Phi) is 5.11. The quantitative estimate of drug-likeness (QED) is 0.872. The van der Waals surface area contributed by atoms with E-state index in [9.17, 15) is 4.79 Å². The van der Waals surface area contributed by atoms with Gasteiger partial charge in [0.15, 0.2) is 5.13 Å². The van der Waals surface area contributed by atoms with Crippen molar-refractivity contribution in [3.8, 4) is 0 Å². The second-order valence-corrected chi connectivity index (χ2v) is 7.43. The van der Waals surface area contributed by atoms with Crippen LogP contribution in [0.2, 0.25) is 0 Å². The minimum atomic E-state index is -0.0794.